The molecular formula is C12H13ClN4O. The third-order valence-electron chi connectivity index (χ3n) is 2.73. The van der Waals surface area contributed by atoms with Gasteiger partial charge in [-0.05, 0) is 26.0 Å². The Hall–Kier alpha value is -1.88. The van der Waals surface area contributed by atoms with Gasteiger partial charge in [0, 0.05) is 18.9 Å². The minimum absolute atomic E-state index is 0.251. The van der Waals surface area contributed by atoms with Crippen molar-refractivity contribution in [1.29, 1.82) is 0 Å². The Balaban J connectivity index is 2.31. The van der Waals surface area contributed by atoms with Crippen molar-refractivity contribution in [2.24, 2.45) is 7.05 Å². The third kappa shape index (κ3) is 2.22. The fourth-order valence-corrected chi connectivity index (χ4v) is 1.92. The molecule has 0 aliphatic rings. The zero-order valence-corrected chi connectivity index (χ0v) is 11.1. The second-order valence-electron chi connectivity index (χ2n) is 3.96. The number of carbonyl (C=O) groups is 1. The first-order valence-corrected chi connectivity index (χ1v) is 5.80. The molecule has 1 amide bonds. The van der Waals surface area contributed by atoms with Gasteiger partial charge >= 0.3 is 0 Å². The summed E-state index contributed by atoms with van der Waals surface area (Å²) in [7, 11) is 1.80. The molecule has 2 aromatic heterocycles. The molecule has 0 aliphatic heterocycles. The molecule has 0 fully saturated rings. The van der Waals surface area contributed by atoms with Crippen LogP contribution in [0.15, 0.2) is 18.3 Å². The van der Waals surface area contributed by atoms with Crippen LogP contribution < -0.4 is 5.32 Å². The standard InChI is InChI=1S/C12H13ClN4O/c1-7-10(8(2)17(3)16-7)12(18)15-11-9(13)5-4-6-14-11/h4-6H,1-3H3,(H,14,15,18). The van der Waals surface area contributed by atoms with Gasteiger partial charge in [0.05, 0.1) is 16.3 Å². The fourth-order valence-electron chi connectivity index (χ4n) is 1.75. The quantitative estimate of drug-likeness (QED) is 0.906. The summed E-state index contributed by atoms with van der Waals surface area (Å²) in [5, 5.41) is 7.29. The Labute approximate surface area is 110 Å². The monoisotopic (exact) mass is 264 g/mol. The normalized spacial score (nSPS) is 10.4. The minimum atomic E-state index is -0.251. The molecule has 1 N–H and O–H groups in total. The number of rotatable bonds is 2. The number of hydrogen-bond donors (Lipinski definition) is 1. The molecular weight excluding hydrogens is 252 g/mol. The lowest BCUT2D eigenvalue weighted by Gasteiger charge is -2.06. The number of nitrogens with zero attached hydrogens (tertiary/aromatic N) is 3. The molecule has 18 heavy (non-hydrogen) atoms. The molecule has 0 unspecified atom stereocenters. The van der Waals surface area contributed by atoms with Gasteiger partial charge in [-0.2, -0.15) is 5.10 Å². The van der Waals surface area contributed by atoms with Crippen LogP contribution in [0.2, 0.25) is 5.02 Å². The zero-order chi connectivity index (χ0) is 13.3. The van der Waals surface area contributed by atoms with E-state index in [1.165, 1.54) is 0 Å². The number of carbonyl (C=O) groups excluding carboxylic acids is 1. The van der Waals surface area contributed by atoms with Crippen molar-refractivity contribution in [2.45, 2.75) is 13.8 Å². The van der Waals surface area contributed by atoms with Crippen molar-refractivity contribution in [3.05, 3.63) is 40.3 Å². The molecule has 0 atom stereocenters. The van der Waals surface area contributed by atoms with Gasteiger partial charge in [-0.3, -0.25) is 9.48 Å². The van der Waals surface area contributed by atoms with Gasteiger partial charge in [0.2, 0.25) is 0 Å². The Kier molecular flexibility index (Phi) is 3.34. The van der Waals surface area contributed by atoms with Crippen molar-refractivity contribution >= 4 is 23.3 Å². The molecule has 6 heteroatoms. The average molecular weight is 265 g/mol. The maximum absolute atomic E-state index is 12.2. The lowest BCUT2D eigenvalue weighted by Crippen LogP contribution is -2.15. The Morgan fingerprint density at radius 1 is 1.44 bits per heavy atom. The fraction of sp³-hybridized carbons (Fsp3) is 0.250. The smallest absolute Gasteiger partial charge is 0.260 e. The second-order valence-corrected chi connectivity index (χ2v) is 4.36. The van der Waals surface area contributed by atoms with Crippen LogP contribution in [0.25, 0.3) is 0 Å². The van der Waals surface area contributed by atoms with E-state index in [0.717, 1.165) is 5.69 Å². The Morgan fingerprint density at radius 2 is 2.17 bits per heavy atom. The summed E-state index contributed by atoms with van der Waals surface area (Å²) < 4.78 is 1.67. The van der Waals surface area contributed by atoms with E-state index in [1.54, 1.807) is 37.0 Å². The van der Waals surface area contributed by atoms with E-state index in [4.69, 9.17) is 11.6 Å². The van der Waals surface area contributed by atoms with E-state index in [9.17, 15) is 4.79 Å². The molecule has 0 aliphatic carbocycles. The van der Waals surface area contributed by atoms with Gasteiger partial charge in [-0.15, -0.1) is 0 Å². The number of pyridine rings is 1. The number of amides is 1. The number of aryl methyl sites for hydroxylation is 2. The molecule has 0 aromatic carbocycles. The van der Waals surface area contributed by atoms with E-state index >= 15 is 0 Å². The van der Waals surface area contributed by atoms with Gasteiger partial charge < -0.3 is 5.32 Å². The molecule has 94 valence electrons. The van der Waals surface area contributed by atoms with Crippen molar-refractivity contribution in [2.75, 3.05) is 5.32 Å². The van der Waals surface area contributed by atoms with E-state index in [-0.39, 0.29) is 5.91 Å². The predicted molar refractivity (Wildman–Crippen MR) is 69.9 cm³/mol. The minimum Gasteiger partial charge on any atom is -0.305 e. The van der Waals surface area contributed by atoms with Crippen molar-refractivity contribution in [3.8, 4) is 0 Å². The molecule has 2 rings (SSSR count). The second kappa shape index (κ2) is 4.78. The van der Waals surface area contributed by atoms with Gasteiger partial charge in [-0.1, -0.05) is 11.6 Å². The molecule has 2 aromatic rings. The highest BCUT2D eigenvalue weighted by molar-refractivity contribution is 6.33. The number of aromatic nitrogens is 3. The molecule has 0 bridgehead atoms. The van der Waals surface area contributed by atoms with E-state index in [1.807, 2.05) is 6.92 Å². The van der Waals surface area contributed by atoms with Crippen LogP contribution in [-0.2, 0) is 7.05 Å². The lowest BCUT2D eigenvalue weighted by molar-refractivity contribution is 0.102. The van der Waals surface area contributed by atoms with Gasteiger partial charge in [0.15, 0.2) is 5.82 Å². The van der Waals surface area contributed by atoms with Crippen LogP contribution in [0.3, 0.4) is 0 Å². The summed E-state index contributed by atoms with van der Waals surface area (Å²) in [6.07, 6.45) is 1.57. The van der Waals surface area contributed by atoms with Crippen LogP contribution >= 0.6 is 11.6 Å². The van der Waals surface area contributed by atoms with E-state index < -0.39 is 0 Å². The molecule has 5 nitrogen and oxygen atoms in total. The number of hydrogen-bond acceptors (Lipinski definition) is 3. The molecule has 0 saturated carbocycles. The summed E-state index contributed by atoms with van der Waals surface area (Å²) in [6, 6.07) is 3.38. The van der Waals surface area contributed by atoms with Crippen LogP contribution in [0.5, 0.6) is 0 Å². The number of halogens is 1. The summed E-state index contributed by atoms with van der Waals surface area (Å²) in [5.74, 6) is 0.102. The van der Waals surface area contributed by atoms with Crippen molar-refractivity contribution in [3.63, 3.8) is 0 Å². The SMILES string of the molecule is Cc1nn(C)c(C)c1C(=O)Nc1ncccc1Cl. The molecule has 0 spiro atoms. The maximum atomic E-state index is 12.2. The highest BCUT2D eigenvalue weighted by Gasteiger charge is 2.18. The van der Waals surface area contributed by atoms with Crippen LogP contribution in [-0.4, -0.2) is 20.7 Å². The van der Waals surface area contributed by atoms with Crippen molar-refractivity contribution in [1.82, 2.24) is 14.8 Å². The third-order valence-corrected chi connectivity index (χ3v) is 3.03. The summed E-state index contributed by atoms with van der Waals surface area (Å²) in [6.45, 7) is 3.64. The first-order chi connectivity index (χ1) is 8.50. The first kappa shape index (κ1) is 12.6. The largest absolute Gasteiger partial charge is 0.305 e. The highest BCUT2D eigenvalue weighted by atomic mass is 35.5. The predicted octanol–water partition coefficient (Wildman–Crippen LogP) is 2.34. The highest BCUT2D eigenvalue weighted by Crippen LogP contribution is 2.20. The first-order valence-electron chi connectivity index (χ1n) is 5.42. The number of anilines is 1. The zero-order valence-electron chi connectivity index (χ0n) is 10.4. The summed E-state index contributed by atoms with van der Waals surface area (Å²) in [5.41, 5.74) is 2.04. The van der Waals surface area contributed by atoms with Crippen LogP contribution in [0, 0.1) is 13.8 Å². The van der Waals surface area contributed by atoms with Crippen LogP contribution in [0.4, 0.5) is 5.82 Å². The molecule has 2 heterocycles. The summed E-state index contributed by atoms with van der Waals surface area (Å²) >= 11 is 5.94. The van der Waals surface area contributed by atoms with E-state index in [0.29, 0.717) is 22.1 Å². The van der Waals surface area contributed by atoms with Gasteiger partial charge in [-0.25, -0.2) is 4.98 Å². The van der Waals surface area contributed by atoms with Crippen molar-refractivity contribution < 1.29 is 4.79 Å². The maximum Gasteiger partial charge on any atom is 0.260 e. The Morgan fingerprint density at radius 3 is 2.72 bits per heavy atom. The molecule has 0 radical (unpaired) electrons. The average Bonchev–Trinajstić information content (AvgIpc) is 2.56. The van der Waals surface area contributed by atoms with Gasteiger partial charge in [0.25, 0.3) is 5.91 Å². The van der Waals surface area contributed by atoms with Gasteiger partial charge in [0.1, 0.15) is 0 Å². The topological polar surface area (TPSA) is 59.8 Å². The molecule has 0 saturated heterocycles. The summed E-state index contributed by atoms with van der Waals surface area (Å²) in [4.78, 5) is 16.2. The van der Waals surface area contributed by atoms with E-state index in [2.05, 4.69) is 15.4 Å². The number of nitrogens with one attached hydrogen (secondary N) is 1. The lowest BCUT2D eigenvalue weighted by atomic mass is 10.2. The Bertz CT molecular complexity index is 606. The van der Waals surface area contributed by atoms with Crippen LogP contribution in [0.1, 0.15) is 21.7 Å².